The highest BCUT2D eigenvalue weighted by atomic mass is 16.5. The SMILES string of the molecule is Cc1ccc(-c2cc(CNCC(=O)O)on2)cc1. The minimum atomic E-state index is -0.895. The highest BCUT2D eigenvalue weighted by molar-refractivity contribution is 5.69. The number of carbonyl (C=O) groups is 1. The Hall–Kier alpha value is -2.14. The molecule has 0 aliphatic rings. The first-order valence-corrected chi connectivity index (χ1v) is 5.60. The lowest BCUT2D eigenvalue weighted by atomic mass is 10.1. The van der Waals surface area contributed by atoms with Crippen LogP contribution in [0.15, 0.2) is 34.9 Å². The fourth-order valence-corrected chi connectivity index (χ4v) is 1.55. The van der Waals surface area contributed by atoms with Gasteiger partial charge in [-0.3, -0.25) is 10.1 Å². The van der Waals surface area contributed by atoms with Crippen molar-refractivity contribution in [2.24, 2.45) is 0 Å². The van der Waals surface area contributed by atoms with Crippen LogP contribution in [0, 0.1) is 6.92 Å². The van der Waals surface area contributed by atoms with Gasteiger partial charge in [0.15, 0.2) is 5.76 Å². The van der Waals surface area contributed by atoms with Crippen LogP contribution in [0.4, 0.5) is 0 Å². The summed E-state index contributed by atoms with van der Waals surface area (Å²) in [6.07, 6.45) is 0. The van der Waals surface area contributed by atoms with Crippen molar-refractivity contribution in [1.29, 1.82) is 0 Å². The third-order valence-electron chi connectivity index (χ3n) is 2.48. The number of carboxylic acids is 1. The van der Waals surface area contributed by atoms with Crippen molar-refractivity contribution in [3.63, 3.8) is 0 Å². The molecule has 0 bridgehead atoms. The Morgan fingerprint density at radius 2 is 2.11 bits per heavy atom. The molecule has 0 amide bonds. The molecule has 18 heavy (non-hydrogen) atoms. The van der Waals surface area contributed by atoms with Gasteiger partial charge in [0.2, 0.25) is 0 Å². The summed E-state index contributed by atoms with van der Waals surface area (Å²) in [6, 6.07) is 9.77. The summed E-state index contributed by atoms with van der Waals surface area (Å²) >= 11 is 0. The van der Waals surface area contributed by atoms with Gasteiger partial charge in [-0.15, -0.1) is 0 Å². The summed E-state index contributed by atoms with van der Waals surface area (Å²) < 4.78 is 5.13. The van der Waals surface area contributed by atoms with E-state index in [0.717, 1.165) is 11.3 Å². The quantitative estimate of drug-likeness (QED) is 0.841. The van der Waals surface area contributed by atoms with Gasteiger partial charge >= 0.3 is 5.97 Å². The highest BCUT2D eigenvalue weighted by Crippen LogP contribution is 2.19. The lowest BCUT2D eigenvalue weighted by Crippen LogP contribution is -2.21. The van der Waals surface area contributed by atoms with E-state index in [2.05, 4.69) is 10.5 Å². The lowest BCUT2D eigenvalue weighted by Gasteiger charge is -1.96. The van der Waals surface area contributed by atoms with Crippen molar-refractivity contribution in [1.82, 2.24) is 10.5 Å². The second kappa shape index (κ2) is 5.46. The van der Waals surface area contributed by atoms with E-state index in [1.54, 1.807) is 6.07 Å². The Morgan fingerprint density at radius 3 is 2.78 bits per heavy atom. The fraction of sp³-hybridized carbons (Fsp3) is 0.231. The van der Waals surface area contributed by atoms with Crippen molar-refractivity contribution in [2.75, 3.05) is 6.54 Å². The number of hydrogen-bond acceptors (Lipinski definition) is 4. The minimum Gasteiger partial charge on any atom is -0.480 e. The van der Waals surface area contributed by atoms with Crippen molar-refractivity contribution in [3.8, 4) is 11.3 Å². The average Bonchev–Trinajstić information content (AvgIpc) is 2.78. The number of aromatic nitrogens is 1. The van der Waals surface area contributed by atoms with Gasteiger partial charge in [-0.05, 0) is 6.92 Å². The second-order valence-corrected chi connectivity index (χ2v) is 4.04. The highest BCUT2D eigenvalue weighted by Gasteiger charge is 2.06. The number of aryl methyl sites for hydroxylation is 1. The van der Waals surface area contributed by atoms with Crippen LogP contribution >= 0.6 is 0 Å². The van der Waals surface area contributed by atoms with Crippen molar-refractivity contribution in [2.45, 2.75) is 13.5 Å². The molecule has 1 aromatic heterocycles. The zero-order valence-electron chi connectivity index (χ0n) is 10.0. The van der Waals surface area contributed by atoms with E-state index in [-0.39, 0.29) is 6.54 Å². The summed E-state index contributed by atoms with van der Waals surface area (Å²) in [5.74, 6) is -0.278. The maximum absolute atomic E-state index is 10.3. The molecular weight excluding hydrogens is 232 g/mol. The number of nitrogens with zero attached hydrogens (tertiary/aromatic N) is 1. The molecule has 1 heterocycles. The Kier molecular flexibility index (Phi) is 3.74. The molecule has 5 heteroatoms. The number of rotatable bonds is 5. The first-order valence-electron chi connectivity index (χ1n) is 5.60. The molecule has 0 aliphatic heterocycles. The predicted molar refractivity (Wildman–Crippen MR) is 66.0 cm³/mol. The Balaban J connectivity index is 2.01. The summed E-state index contributed by atoms with van der Waals surface area (Å²) in [7, 11) is 0. The van der Waals surface area contributed by atoms with Crippen LogP contribution in [-0.2, 0) is 11.3 Å². The van der Waals surface area contributed by atoms with Gasteiger partial charge in [-0.1, -0.05) is 35.0 Å². The molecule has 2 N–H and O–H groups in total. The summed E-state index contributed by atoms with van der Waals surface area (Å²) in [5, 5.41) is 15.2. The van der Waals surface area contributed by atoms with Crippen molar-refractivity contribution < 1.29 is 14.4 Å². The molecule has 0 unspecified atom stereocenters. The molecule has 1 aromatic carbocycles. The van der Waals surface area contributed by atoms with Gasteiger partial charge in [0.1, 0.15) is 5.69 Å². The van der Waals surface area contributed by atoms with Gasteiger partial charge in [0.05, 0.1) is 13.1 Å². The number of hydrogen-bond donors (Lipinski definition) is 2. The fourth-order valence-electron chi connectivity index (χ4n) is 1.55. The number of aliphatic carboxylic acids is 1. The topological polar surface area (TPSA) is 75.4 Å². The zero-order chi connectivity index (χ0) is 13.0. The molecule has 0 fully saturated rings. The Morgan fingerprint density at radius 1 is 1.39 bits per heavy atom. The molecular formula is C13H14N2O3. The smallest absolute Gasteiger partial charge is 0.317 e. The zero-order valence-corrected chi connectivity index (χ0v) is 10.0. The summed E-state index contributed by atoms with van der Waals surface area (Å²) in [6.45, 7) is 2.28. The first-order chi connectivity index (χ1) is 8.65. The summed E-state index contributed by atoms with van der Waals surface area (Å²) in [4.78, 5) is 10.3. The Bertz CT molecular complexity index is 531. The van der Waals surface area contributed by atoms with Gasteiger partial charge in [-0.2, -0.15) is 0 Å². The Labute approximate surface area is 104 Å². The average molecular weight is 246 g/mol. The van der Waals surface area contributed by atoms with Crippen LogP contribution in [0.2, 0.25) is 0 Å². The molecule has 0 saturated carbocycles. The van der Waals surface area contributed by atoms with E-state index in [4.69, 9.17) is 9.63 Å². The summed E-state index contributed by atoms with van der Waals surface area (Å²) in [5.41, 5.74) is 2.92. The van der Waals surface area contributed by atoms with E-state index in [0.29, 0.717) is 12.3 Å². The first kappa shape index (κ1) is 12.3. The molecule has 0 spiro atoms. The largest absolute Gasteiger partial charge is 0.480 e. The van der Waals surface area contributed by atoms with Crippen LogP contribution in [0.1, 0.15) is 11.3 Å². The number of nitrogens with one attached hydrogen (secondary N) is 1. The van der Waals surface area contributed by atoms with Crippen LogP contribution in [0.25, 0.3) is 11.3 Å². The maximum atomic E-state index is 10.3. The van der Waals surface area contributed by atoms with E-state index < -0.39 is 5.97 Å². The van der Waals surface area contributed by atoms with Crippen molar-refractivity contribution in [3.05, 3.63) is 41.7 Å². The molecule has 94 valence electrons. The van der Waals surface area contributed by atoms with E-state index in [1.807, 2.05) is 31.2 Å². The minimum absolute atomic E-state index is 0.0967. The maximum Gasteiger partial charge on any atom is 0.317 e. The van der Waals surface area contributed by atoms with E-state index >= 15 is 0 Å². The van der Waals surface area contributed by atoms with Gasteiger partial charge in [0, 0.05) is 11.6 Å². The third-order valence-corrected chi connectivity index (χ3v) is 2.48. The molecule has 0 saturated heterocycles. The third kappa shape index (κ3) is 3.18. The molecule has 0 aliphatic carbocycles. The standard InChI is InChI=1S/C13H14N2O3/c1-9-2-4-10(5-3-9)12-6-11(18-15-12)7-14-8-13(16)17/h2-6,14H,7-8H2,1H3,(H,16,17). The number of benzene rings is 1. The van der Waals surface area contributed by atoms with E-state index in [1.165, 1.54) is 5.56 Å². The number of carboxylic acid groups (broad SMARTS) is 1. The van der Waals surface area contributed by atoms with Crippen LogP contribution in [-0.4, -0.2) is 22.8 Å². The molecule has 0 radical (unpaired) electrons. The van der Waals surface area contributed by atoms with Crippen molar-refractivity contribution >= 4 is 5.97 Å². The van der Waals surface area contributed by atoms with Gasteiger partial charge < -0.3 is 9.63 Å². The monoisotopic (exact) mass is 246 g/mol. The van der Waals surface area contributed by atoms with Gasteiger partial charge in [-0.25, -0.2) is 0 Å². The normalized spacial score (nSPS) is 10.5. The predicted octanol–water partition coefficient (Wildman–Crippen LogP) is 1.82. The van der Waals surface area contributed by atoms with Crippen LogP contribution < -0.4 is 5.32 Å². The van der Waals surface area contributed by atoms with E-state index in [9.17, 15) is 4.79 Å². The molecule has 5 nitrogen and oxygen atoms in total. The molecule has 2 aromatic rings. The lowest BCUT2D eigenvalue weighted by molar-refractivity contribution is -0.136. The second-order valence-electron chi connectivity index (χ2n) is 4.04. The van der Waals surface area contributed by atoms with Crippen LogP contribution in [0.5, 0.6) is 0 Å². The van der Waals surface area contributed by atoms with Gasteiger partial charge in [0.25, 0.3) is 0 Å². The molecule has 0 atom stereocenters. The van der Waals surface area contributed by atoms with Crippen LogP contribution in [0.3, 0.4) is 0 Å². The molecule has 2 rings (SSSR count).